The van der Waals surface area contributed by atoms with Crippen LogP contribution < -0.4 is 9.64 Å². The summed E-state index contributed by atoms with van der Waals surface area (Å²) >= 11 is 3.50. The van der Waals surface area contributed by atoms with E-state index in [0.29, 0.717) is 0 Å². The zero-order valence-electron chi connectivity index (χ0n) is 19.6. The van der Waals surface area contributed by atoms with Crippen molar-refractivity contribution in [3.63, 3.8) is 0 Å². The molecule has 0 bridgehead atoms. The SMILES string of the molecule is COC(=O)C(CCCN1CCN(c2ccccc2OC)CC1)(c1ccc(Br)cc1)C(C)C. The second-order valence-corrected chi connectivity index (χ2v) is 9.64. The van der Waals surface area contributed by atoms with Crippen molar-refractivity contribution in [1.29, 1.82) is 0 Å². The average Bonchev–Trinajstić information content (AvgIpc) is 2.82. The molecule has 0 radical (unpaired) electrons. The first kappa shape index (κ1) is 24.6. The van der Waals surface area contributed by atoms with Crippen molar-refractivity contribution >= 4 is 27.6 Å². The molecule has 6 heteroatoms. The molecule has 0 aliphatic carbocycles. The molecule has 0 amide bonds. The highest BCUT2D eigenvalue weighted by atomic mass is 79.9. The monoisotopic (exact) mass is 502 g/mol. The van der Waals surface area contributed by atoms with E-state index in [1.54, 1.807) is 7.11 Å². The summed E-state index contributed by atoms with van der Waals surface area (Å²) in [4.78, 5) is 17.9. The number of ether oxygens (including phenoxy) is 2. The quantitative estimate of drug-likeness (QED) is 0.444. The zero-order valence-corrected chi connectivity index (χ0v) is 21.2. The number of para-hydroxylation sites is 2. The number of hydrogen-bond acceptors (Lipinski definition) is 5. The van der Waals surface area contributed by atoms with Gasteiger partial charge in [0.15, 0.2) is 0 Å². The molecule has 1 aliphatic heterocycles. The average molecular weight is 503 g/mol. The summed E-state index contributed by atoms with van der Waals surface area (Å²) in [6, 6.07) is 16.3. The van der Waals surface area contributed by atoms with Crippen LogP contribution in [-0.2, 0) is 14.9 Å². The fraction of sp³-hybridized carbons (Fsp3) is 0.500. The lowest BCUT2D eigenvalue weighted by Crippen LogP contribution is -2.47. The van der Waals surface area contributed by atoms with Gasteiger partial charge in [0.05, 0.1) is 25.3 Å². The fourth-order valence-electron chi connectivity index (χ4n) is 4.84. The van der Waals surface area contributed by atoms with Gasteiger partial charge in [-0.3, -0.25) is 9.69 Å². The highest BCUT2D eigenvalue weighted by molar-refractivity contribution is 9.10. The number of esters is 1. The van der Waals surface area contributed by atoms with E-state index in [0.717, 1.165) is 67.0 Å². The first-order valence-electron chi connectivity index (χ1n) is 11.4. The number of nitrogens with zero attached hydrogens (tertiary/aromatic N) is 2. The van der Waals surface area contributed by atoms with Crippen LogP contribution in [0.25, 0.3) is 0 Å². The van der Waals surface area contributed by atoms with Crippen LogP contribution in [0.2, 0.25) is 0 Å². The summed E-state index contributed by atoms with van der Waals surface area (Å²) < 4.78 is 11.8. The molecule has 1 fully saturated rings. The Morgan fingerprint density at radius 3 is 2.28 bits per heavy atom. The van der Waals surface area contributed by atoms with Crippen LogP contribution in [0.5, 0.6) is 5.75 Å². The van der Waals surface area contributed by atoms with Gasteiger partial charge in [0.25, 0.3) is 0 Å². The van der Waals surface area contributed by atoms with E-state index < -0.39 is 5.41 Å². The second kappa shape index (κ2) is 11.2. The predicted molar refractivity (Wildman–Crippen MR) is 134 cm³/mol. The van der Waals surface area contributed by atoms with Crippen LogP contribution in [-0.4, -0.2) is 57.8 Å². The van der Waals surface area contributed by atoms with E-state index in [1.165, 1.54) is 7.11 Å². The number of carbonyl (C=O) groups is 1. The van der Waals surface area contributed by atoms with Crippen molar-refractivity contribution in [2.75, 3.05) is 51.8 Å². The molecule has 2 aromatic rings. The number of hydrogen-bond donors (Lipinski definition) is 0. The van der Waals surface area contributed by atoms with E-state index in [-0.39, 0.29) is 11.9 Å². The van der Waals surface area contributed by atoms with E-state index in [4.69, 9.17) is 9.47 Å². The molecule has 1 heterocycles. The molecule has 1 atom stereocenters. The Labute approximate surface area is 200 Å². The van der Waals surface area contributed by atoms with Crippen LogP contribution in [0.3, 0.4) is 0 Å². The van der Waals surface area contributed by atoms with E-state index >= 15 is 0 Å². The van der Waals surface area contributed by atoms with Gasteiger partial charge in [0, 0.05) is 30.7 Å². The lowest BCUT2D eigenvalue weighted by molar-refractivity contribution is -0.150. The smallest absolute Gasteiger partial charge is 0.316 e. The largest absolute Gasteiger partial charge is 0.495 e. The Balaban J connectivity index is 1.63. The topological polar surface area (TPSA) is 42.0 Å². The van der Waals surface area contributed by atoms with Gasteiger partial charge in [-0.25, -0.2) is 0 Å². The molecular weight excluding hydrogens is 468 g/mol. The van der Waals surface area contributed by atoms with Crippen LogP contribution in [0, 0.1) is 5.92 Å². The number of piperazine rings is 1. The highest BCUT2D eigenvalue weighted by Gasteiger charge is 2.44. The molecule has 0 saturated carbocycles. The summed E-state index contributed by atoms with van der Waals surface area (Å²) in [5.74, 6) is 0.921. The molecule has 174 valence electrons. The third-order valence-corrected chi connectivity index (χ3v) is 7.27. The van der Waals surface area contributed by atoms with Gasteiger partial charge in [-0.2, -0.15) is 0 Å². The number of halogens is 1. The Kier molecular flexibility index (Phi) is 8.60. The van der Waals surface area contributed by atoms with Crippen molar-refractivity contribution in [3.05, 3.63) is 58.6 Å². The molecule has 0 N–H and O–H groups in total. The second-order valence-electron chi connectivity index (χ2n) is 8.73. The standard InChI is InChI=1S/C26H35BrN2O3/c1-20(2)26(25(30)32-4,21-10-12-22(27)13-11-21)14-7-15-28-16-18-29(19-17-28)23-8-5-6-9-24(23)31-3/h5-6,8-13,20H,7,14-19H2,1-4H3. The van der Waals surface area contributed by atoms with E-state index in [1.807, 2.05) is 36.4 Å². The van der Waals surface area contributed by atoms with Gasteiger partial charge in [-0.05, 0) is 55.1 Å². The van der Waals surface area contributed by atoms with Crippen molar-refractivity contribution in [2.24, 2.45) is 5.92 Å². The molecular formula is C26H35BrN2O3. The summed E-state index contributed by atoms with van der Waals surface area (Å²) in [6.07, 6.45) is 1.71. The minimum atomic E-state index is -0.630. The predicted octanol–water partition coefficient (Wildman–Crippen LogP) is 5.13. The van der Waals surface area contributed by atoms with Gasteiger partial charge in [-0.1, -0.05) is 54.0 Å². The number of methoxy groups -OCH3 is 2. The van der Waals surface area contributed by atoms with Gasteiger partial charge < -0.3 is 14.4 Å². The van der Waals surface area contributed by atoms with Crippen molar-refractivity contribution in [3.8, 4) is 5.75 Å². The van der Waals surface area contributed by atoms with Crippen molar-refractivity contribution in [1.82, 2.24) is 4.90 Å². The summed E-state index contributed by atoms with van der Waals surface area (Å²) in [5, 5.41) is 0. The maximum atomic E-state index is 13.0. The molecule has 0 spiro atoms. The maximum absolute atomic E-state index is 13.0. The fourth-order valence-corrected chi connectivity index (χ4v) is 5.10. The first-order valence-corrected chi connectivity index (χ1v) is 12.2. The van der Waals surface area contributed by atoms with E-state index in [2.05, 4.69) is 51.7 Å². The summed E-state index contributed by atoms with van der Waals surface area (Å²) in [6.45, 7) is 9.16. The van der Waals surface area contributed by atoms with Crippen molar-refractivity contribution in [2.45, 2.75) is 32.1 Å². The summed E-state index contributed by atoms with van der Waals surface area (Å²) in [7, 11) is 3.22. The van der Waals surface area contributed by atoms with Gasteiger partial charge in [0.1, 0.15) is 5.75 Å². The number of carbonyl (C=O) groups excluding carboxylic acids is 1. The van der Waals surface area contributed by atoms with Gasteiger partial charge >= 0.3 is 5.97 Å². The van der Waals surface area contributed by atoms with E-state index in [9.17, 15) is 4.79 Å². The molecule has 1 aliphatic rings. The maximum Gasteiger partial charge on any atom is 0.316 e. The Morgan fingerprint density at radius 1 is 1.03 bits per heavy atom. The molecule has 5 nitrogen and oxygen atoms in total. The molecule has 2 aromatic carbocycles. The first-order chi connectivity index (χ1) is 15.4. The molecule has 1 saturated heterocycles. The summed E-state index contributed by atoms with van der Waals surface area (Å²) in [5.41, 5.74) is 1.56. The molecule has 0 aromatic heterocycles. The Morgan fingerprint density at radius 2 is 1.69 bits per heavy atom. The number of rotatable bonds is 9. The minimum absolute atomic E-state index is 0.138. The lowest BCUT2D eigenvalue weighted by Gasteiger charge is -2.38. The zero-order chi connectivity index (χ0) is 23.1. The van der Waals surface area contributed by atoms with Crippen LogP contribution in [0.4, 0.5) is 5.69 Å². The third-order valence-electron chi connectivity index (χ3n) is 6.74. The highest BCUT2D eigenvalue weighted by Crippen LogP contribution is 2.39. The Bertz CT molecular complexity index is 879. The molecule has 1 unspecified atom stereocenters. The van der Waals surface area contributed by atoms with Crippen molar-refractivity contribution < 1.29 is 14.3 Å². The van der Waals surface area contributed by atoms with Crippen LogP contribution in [0.1, 0.15) is 32.3 Å². The lowest BCUT2D eigenvalue weighted by atomic mass is 9.68. The number of anilines is 1. The third kappa shape index (κ3) is 5.29. The van der Waals surface area contributed by atoms with Gasteiger partial charge in [0.2, 0.25) is 0 Å². The van der Waals surface area contributed by atoms with Crippen LogP contribution >= 0.6 is 15.9 Å². The van der Waals surface area contributed by atoms with Crippen LogP contribution in [0.15, 0.2) is 53.0 Å². The molecule has 3 rings (SSSR count). The minimum Gasteiger partial charge on any atom is -0.495 e. The normalized spacial score (nSPS) is 16.6. The molecule has 32 heavy (non-hydrogen) atoms. The number of benzene rings is 2. The Hall–Kier alpha value is -2.05. The van der Waals surface area contributed by atoms with Gasteiger partial charge in [-0.15, -0.1) is 0 Å².